The highest BCUT2D eigenvalue weighted by Gasteiger charge is 2.47. The average molecular weight is 534 g/mol. The number of carbonyl (C=O) groups excluding carboxylic acids is 2. The number of piperidine rings is 1. The minimum absolute atomic E-state index is 0.0573. The van der Waals surface area contributed by atoms with Crippen LogP contribution in [0.5, 0.6) is 0 Å². The fourth-order valence-electron chi connectivity index (χ4n) is 5.43. The van der Waals surface area contributed by atoms with Gasteiger partial charge in [0.05, 0.1) is 6.04 Å². The molecule has 1 aliphatic carbocycles. The van der Waals surface area contributed by atoms with Gasteiger partial charge in [-0.1, -0.05) is 54.0 Å². The van der Waals surface area contributed by atoms with Crippen LogP contribution >= 0.6 is 0 Å². The molecule has 2 aromatic carbocycles. The first-order chi connectivity index (χ1) is 18.9. The number of likely N-dealkylation sites (N-methyl/N-ethyl adjacent to an activating group) is 1. The SMILES string of the molecule is CN(CC[C@H](NC(=O)C1CCC1)c1ccccc1)C(=O)C1(c2nc(Cc3ccc(F)cc3)no2)CCNCC1. The molecule has 0 spiro atoms. The highest BCUT2D eigenvalue weighted by molar-refractivity contribution is 5.87. The molecule has 0 bridgehead atoms. The van der Waals surface area contributed by atoms with Crippen molar-refractivity contribution in [2.45, 2.75) is 56.4 Å². The van der Waals surface area contributed by atoms with Crippen molar-refractivity contribution in [3.05, 3.63) is 83.3 Å². The Morgan fingerprint density at radius 1 is 1.13 bits per heavy atom. The molecule has 8 nitrogen and oxygen atoms in total. The summed E-state index contributed by atoms with van der Waals surface area (Å²) < 4.78 is 19.0. The maximum atomic E-state index is 14.0. The molecule has 1 saturated heterocycles. The molecule has 9 heteroatoms. The van der Waals surface area contributed by atoms with Crippen molar-refractivity contribution < 1.29 is 18.5 Å². The molecule has 1 aliphatic heterocycles. The van der Waals surface area contributed by atoms with E-state index in [1.807, 2.05) is 30.3 Å². The third-order valence-electron chi connectivity index (χ3n) is 8.11. The van der Waals surface area contributed by atoms with E-state index in [-0.39, 0.29) is 29.6 Å². The summed E-state index contributed by atoms with van der Waals surface area (Å²) in [5.41, 5.74) is 0.984. The third-order valence-corrected chi connectivity index (χ3v) is 8.11. The topological polar surface area (TPSA) is 100 Å². The molecular formula is C30H36FN5O3. The molecule has 2 N–H and O–H groups in total. The Morgan fingerprint density at radius 3 is 2.51 bits per heavy atom. The zero-order valence-corrected chi connectivity index (χ0v) is 22.4. The van der Waals surface area contributed by atoms with E-state index in [1.54, 1.807) is 24.1 Å². The summed E-state index contributed by atoms with van der Waals surface area (Å²) in [7, 11) is 1.80. The predicted molar refractivity (Wildman–Crippen MR) is 144 cm³/mol. The van der Waals surface area contributed by atoms with Gasteiger partial charge < -0.3 is 20.1 Å². The highest BCUT2D eigenvalue weighted by atomic mass is 19.1. The highest BCUT2D eigenvalue weighted by Crippen LogP contribution is 2.35. The number of hydrogen-bond acceptors (Lipinski definition) is 6. The van der Waals surface area contributed by atoms with Crippen LogP contribution < -0.4 is 10.6 Å². The minimum atomic E-state index is -0.911. The molecule has 0 radical (unpaired) electrons. The van der Waals surface area contributed by atoms with Gasteiger partial charge in [0.15, 0.2) is 5.82 Å². The van der Waals surface area contributed by atoms with Gasteiger partial charge in [0.1, 0.15) is 11.2 Å². The number of amides is 2. The summed E-state index contributed by atoms with van der Waals surface area (Å²) in [6, 6.07) is 15.9. The number of rotatable bonds is 10. The van der Waals surface area contributed by atoms with Crippen LogP contribution in [0.3, 0.4) is 0 Å². The van der Waals surface area contributed by atoms with Gasteiger partial charge in [-0.2, -0.15) is 4.98 Å². The lowest BCUT2D eigenvalue weighted by Crippen LogP contribution is -2.52. The van der Waals surface area contributed by atoms with Crippen LogP contribution in [0, 0.1) is 11.7 Å². The van der Waals surface area contributed by atoms with Crippen molar-refractivity contribution in [1.29, 1.82) is 0 Å². The molecule has 1 aromatic heterocycles. The first-order valence-corrected chi connectivity index (χ1v) is 13.8. The van der Waals surface area contributed by atoms with E-state index in [2.05, 4.69) is 20.8 Å². The second kappa shape index (κ2) is 12.1. The maximum Gasteiger partial charge on any atom is 0.242 e. The molecule has 2 amide bonds. The van der Waals surface area contributed by atoms with E-state index >= 15 is 0 Å². The molecule has 0 unspecified atom stereocenters. The lowest BCUT2D eigenvalue weighted by molar-refractivity contribution is -0.138. The van der Waals surface area contributed by atoms with Gasteiger partial charge in [-0.05, 0) is 68.5 Å². The Morgan fingerprint density at radius 2 is 1.85 bits per heavy atom. The van der Waals surface area contributed by atoms with E-state index in [4.69, 9.17) is 4.52 Å². The smallest absolute Gasteiger partial charge is 0.242 e. The van der Waals surface area contributed by atoms with Crippen molar-refractivity contribution in [2.24, 2.45) is 5.92 Å². The number of hydrogen-bond donors (Lipinski definition) is 2. The van der Waals surface area contributed by atoms with E-state index < -0.39 is 5.41 Å². The molecule has 39 heavy (non-hydrogen) atoms. The van der Waals surface area contributed by atoms with Gasteiger partial charge in [-0.3, -0.25) is 9.59 Å². The lowest BCUT2D eigenvalue weighted by Gasteiger charge is -2.36. The molecular weight excluding hydrogens is 497 g/mol. The van der Waals surface area contributed by atoms with Crippen molar-refractivity contribution in [1.82, 2.24) is 25.7 Å². The first-order valence-electron chi connectivity index (χ1n) is 13.8. The Kier molecular flexibility index (Phi) is 8.35. The van der Waals surface area contributed by atoms with Crippen LogP contribution in [0.15, 0.2) is 59.1 Å². The summed E-state index contributed by atoms with van der Waals surface area (Å²) >= 11 is 0. The van der Waals surface area contributed by atoms with Crippen LogP contribution in [-0.2, 0) is 21.4 Å². The molecule has 3 aromatic rings. The number of nitrogens with zero attached hydrogens (tertiary/aromatic N) is 3. The molecule has 1 atom stereocenters. The van der Waals surface area contributed by atoms with Crippen LogP contribution in [0.2, 0.25) is 0 Å². The van der Waals surface area contributed by atoms with Crippen molar-refractivity contribution in [2.75, 3.05) is 26.7 Å². The summed E-state index contributed by atoms with van der Waals surface area (Å²) in [4.78, 5) is 33.2. The first kappa shape index (κ1) is 27.0. The Balaban J connectivity index is 1.29. The van der Waals surface area contributed by atoms with Crippen LogP contribution in [0.4, 0.5) is 4.39 Å². The minimum Gasteiger partial charge on any atom is -0.349 e. The fourth-order valence-corrected chi connectivity index (χ4v) is 5.43. The largest absolute Gasteiger partial charge is 0.349 e. The predicted octanol–water partition coefficient (Wildman–Crippen LogP) is 3.93. The van der Waals surface area contributed by atoms with Gasteiger partial charge in [-0.25, -0.2) is 4.39 Å². The van der Waals surface area contributed by atoms with Gasteiger partial charge in [0, 0.05) is 25.9 Å². The zero-order chi connectivity index (χ0) is 27.2. The van der Waals surface area contributed by atoms with Crippen molar-refractivity contribution in [3.8, 4) is 0 Å². The summed E-state index contributed by atoms with van der Waals surface area (Å²) in [5, 5.41) is 10.7. The summed E-state index contributed by atoms with van der Waals surface area (Å²) in [6.07, 6.45) is 5.07. The van der Waals surface area contributed by atoms with Crippen LogP contribution in [-0.4, -0.2) is 53.5 Å². The van der Waals surface area contributed by atoms with Gasteiger partial charge in [0.2, 0.25) is 17.7 Å². The van der Waals surface area contributed by atoms with Crippen molar-refractivity contribution >= 4 is 11.8 Å². The molecule has 5 rings (SSSR count). The van der Waals surface area contributed by atoms with E-state index in [1.165, 1.54) is 12.1 Å². The lowest BCUT2D eigenvalue weighted by atomic mass is 9.77. The molecule has 2 aliphatic rings. The summed E-state index contributed by atoms with van der Waals surface area (Å²) in [5.74, 6) is 0.627. The standard InChI is InChI=1S/C30H36FN5O3/c1-36(19-14-25(22-6-3-2-4-7-22)33-27(37)23-8-5-9-23)29(38)30(15-17-32-18-16-30)28-34-26(35-39-28)20-21-10-12-24(31)13-11-21/h2-4,6-7,10-13,23,25,32H,5,8-9,14-20H2,1H3,(H,33,37)/t25-/m0/s1. The second-order valence-corrected chi connectivity index (χ2v) is 10.8. The van der Waals surface area contributed by atoms with Gasteiger partial charge >= 0.3 is 0 Å². The molecule has 206 valence electrons. The normalized spacial score (nSPS) is 17.7. The average Bonchev–Trinajstić information content (AvgIpc) is 3.40. The monoisotopic (exact) mass is 533 g/mol. The molecule has 2 heterocycles. The second-order valence-electron chi connectivity index (χ2n) is 10.8. The number of carbonyl (C=O) groups is 2. The van der Waals surface area contributed by atoms with E-state index in [0.717, 1.165) is 30.4 Å². The van der Waals surface area contributed by atoms with E-state index in [9.17, 15) is 14.0 Å². The Labute approximate surface area is 228 Å². The number of benzene rings is 2. The number of aromatic nitrogens is 2. The molecule has 2 fully saturated rings. The maximum absolute atomic E-state index is 14.0. The Hall–Kier alpha value is -3.59. The van der Waals surface area contributed by atoms with E-state index in [0.29, 0.717) is 57.0 Å². The third kappa shape index (κ3) is 6.19. The quantitative estimate of drug-likeness (QED) is 0.410. The number of halogens is 1. The zero-order valence-electron chi connectivity index (χ0n) is 22.4. The van der Waals surface area contributed by atoms with Gasteiger partial charge in [-0.15, -0.1) is 0 Å². The Bertz CT molecular complexity index is 1250. The van der Waals surface area contributed by atoms with Crippen LogP contribution in [0.25, 0.3) is 0 Å². The van der Waals surface area contributed by atoms with Crippen molar-refractivity contribution in [3.63, 3.8) is 0 Å². The number of nitrogens with one attached hydrogen (secondary N) is 2. The fraction of sp³-hybridized carbons (Fsp3) is 0.467. The van der Waals surface area contributed by atoms with Crippen LogP contribution in [0.1, 0.15) is 67.4 Å². The molecule has 1 saturated carbocycles. The van der Waals surface area contributed by atoms with Gasteiger partial charge in [0.25, 0.3) is 0 Å². The summed E-state index contributed by atoms with van der Waals surface area (Å²) in [6.45, 7) is 1.80.